The molecule has 0 aromatic rings. The first kappa shape index (κ1) is 10.2. The number of carbonyl (C=O) groups excluding carboxylic acids is 1. The van der Waals surface area contributed by atoms with Crippen LogP contribution in [0.15, 0.2) is 11.8 Å². The van der Waals surface area contributed by atoms with E-state index in [2.05, 4.69) is 20.8 Å². The quantitative estimate of drug-likeness (QED) is 0.430. The van der Waals surface area contributed by atoms with Gasteiger partial charge in [0.25, 0.3) is 0 Å². The molecule has 64 valence electrons. The van der Waals surface area contributed by atoms with Crippen molar-refractivity contribution in [3.05, 3.63) is 11.8 Å². The molecular formula is C9H16O2. The summed E-state index contributed by atoms with van der Waals surface area (Å²) in [5.74, 6) is 0.410. The molecule has 0 aliphatic heterocycles. The molecule has 0 unspecified atom stereocenters. The van der Waals surface area contributed by atoms with Crippen molar-refractivity contribution in [3.63, 3.8) is 0 Å². The molecule has 0 amide bonds. The highest BCUT2D eigenvalue weighted by Crippen LogP contribution is 2.17. The van der Waals surface area contributed by atoms with Crippen LogP contribution in [0.1, 0.15) is 34.6 Å². The van der Waals surface area contributed by atoms with Gasteiger partial charge in [-0.1, -0.05) is 20.8 Å². The molecule has 0 atom stereocenters. The summed E-state index contributed by atoms with van der Waals surface area (Å²) in [6.45, 7) is 9.35. The van der Waals surface area contributed by atoms with Crippen LogP contribution in [0.2, 0.25) is 0 Å². The van der Waals surface area contributed by atoms with Crippen molar-refractivity contribution in [2.75, 3.05) is 0 Å². The van der Waals surface area contributed by atoms with Gasteiger partial charge in [0.05, 0.1) is 0 Å². The van der Waals surface area contributed by atoms with E-state index in [0.717, 1.165) is 0 Å². The molecule has 11 heavy (non-hydrogen) atoms. The molecule has 0 N–H and O–H groups in total. The Morgan fingerprint density at radius 2 is 1.73 bits per heavy atom. The van der Waals surface area contributed by atoms with E-state index in [1.807, 2.05) is 6.08 Å². The van der Waals surface area contributed by atoms with Gasteiger partial charge in [0.15, 0.2) is 0 Å². The molecule has 0 aliphatic carbocycles. The Bertz CT molecular complexity index is 172. The lowest BCUT2D eigenvalue weighted by Gasteiger charge is -2.13. The minimum Gasteiger partial charge on any atom is -0.432 e. The van der Waals surface area contributed by atoms with E-state index in [1.165, 1.54) is 6.92 Å². The van der Waals surface area contributed by atoms with Crippen LogP contribution in [0, 0.1) is 5.41 Å². The Balaban J connectivity index is 4.12. The zero-order valence-electron chi connectivity index (χ0n) is 7.89. The van der Waals surface area contributed by atoms with Crippen LogP contribution in [-0.2, 0) is 9.53 Å². The normalized spacial score (nSPS) is 13.0. The van der Waals surface area contributed by atoms with Crippen LogP contribution in [-0.4, -0.2) is 5.97 Å². The fraction of sp³-hybridized carbons (Fsp3) is 0.667. The summed E-state index contributed by atoms with van der Waals surface area (Å²) in [5, 5.41) is 0. The highest BCUT2D eigenvalue weighted by Gasteiger charge is 2.07. The fourth-order valence-corrected chi connectivity index (χ4v) is 0.866. The zero-order valence-corrected chi connectivity index (χ0v) is 7.89. The van der Waals surface area contributed by atoms with Crippen molar-refractivity contribution < 1.29 is 9.53 Å². The first-order valence-corrected chi connectivity index (χ1v) is 3.69. The number of esters is 1. The average Bonchev–Trinajstić information content (AvgIpc) is 1.53. The highest BCUT2D eigenvalue weighted by atomic mass is 16.5. The van der Waals surface area contributed by atoms with Crippen LogP contribution in [0.4, 0.5) is 0 Å². The van der Waals surface area contributed by atoms with Crippen LogP contribution in [0.25, 0.3) is 0 Å². The van der Waals surface area contributed by atoms with Gasteiger partial charge in [0.1, 0.15) is 5.76 Å². The highest BCUT2D eigenvalue weighted by molar-refractivity contribution is 5.67. The van der Waals surface area contributed by atoms with Crippen molar-refractivity contribution in [1.82, 2.24) is 0 Å². The summed E-state index contributed by atoms with van der Waals surface area (Å²) in [5.41, 5.74) is 0.0690. The zero-order chi connectivity index (χ0) is 9.07. The SMILES string of the molecule is CC(=O)O/C(C)=C/C(C)(C)C. The van der Waals surface area contributed by atoms with Crippen LogP contribution in [0.3, 0.4) is 0 Å². The molecule has 0 aromatic carbocycles. The van der Waals surface area contributed by atoms with Gasteiger partial charge >= 0.3 is 5.97 Å². The van der Waals surface area contributed by atoms with Crippen molar-refractivity contribution >= 4 is 5.97 Å². The lowest BCUT2D eigenvalue weighted by molar-refractivity contribution is -0.136. The second-order valence-electron chi connectivity index (χ2n) is 3.71. The van der Waals surface area contributed by atoms with Crippen molar-refractivity contribution in [3.8, 4) is 0 Å². The first-order valence-electron chi connectivity index (χ1n) is 3.69. The minimum atomic E-state index is -0.261. The summed E-state index contributed by atoms with van der Waals surface area (Å²) < 4.78 is 4.85. The Labute approximate surface area is 68.2 Å². The maximum Gasteiger partial charge on any atom is 0.307 e. The largest absolute Gasteiger partial charge is 0.432 e. The predicted octanol–water partition coefficient (Wildman–Crippen LogP) is 2.50. The molecule has 0 heterocycles. The summed E-state index contributed by atoms with van der Waals surface area (Å²) in [7, 11) is 0. The number of ether oxygens (including phenoxy) is 1. The molecule has 0 saturated heterocycles. The van der Waals surface area contributed by atoms with Gasteiger partial charge in [-0.05, 0) is 18.4 Å². The Morgan fingerprint density at radius 1 is 1.27 bits per heavy atom. The van der Waals surface area contributed by atoms with Gasteiger partial charge in [-0.2, -0.15) is 0 Å². The molecule has 0 aromatic heterocycles. The van der Waals surface area contributed by atoms with Crippen molar-refractivity contribution in [1.29, 1.82) is 0 Å². The number of hydrogen-bond donors (Lipinski definition) is 0. The van der Waals surface area contributed by atoms with Crippen LogP contribution in [0.5, 0.6) is 0 Å². The molecule has 2 nitrogen and oxygen atoms in total. The van der Waals surface area contributed by atoms with Crippen LogP contribution >= 0.6 is 0 Å². The van der Waals surface area contributed by atoms with E-state index in [4.69, 9.17) is 4.74 Å². The molecule has 0 bridgehead atoms. The van der Waals surface area contributed by atoms with E-state index in [1.54, 1.807) is 6.92 Å². The van der Waals surface area contributed by atoms with Gasteiger partial charge in [0.2, 0.25) is 0 Å². The minimum absolute atomic E-state index is 0.0690. The molecule has 0 rings (SSSR count). The third-order valence-corrected chi connectivity index (χ3v) is 0.941. The summed E-state index contributed by atoms with van der Waals surface area (Å²) >= 11 is 0. The van der Waals surface area contributed by atoms with Crippen molar-refractivity contribution in [2.24, 2.45) is 5.41 Å². The summed E-state index contributed by atoms with van der Waals surface area (Å²) in [6, 6.07) is 0. The van der Waals surface area contributed by atoms with Gasteiger partial charge in [-0.15, -0.1) is 0 Å². The van der Waals surface area contributed by atoms with Crippen LogP contribution < -0.4 is 0 Å². The molecule has 0 saturated carbocycles. The Morgan fingerprint density at radius 3 is 2.00 bits per heavy atom. The van der Waals surface area contributed by atoms with Gasteiger partial charge in [0, 0.05) is 6.92 Å². The number of hydrogen-bond acceptors (Lipinski definition) is 2. The maximum atomic E-state index is 10.5. The monoisotopic (exact) mass is 156 g/mol. The Kier molecular flexibility index (Phi) is 3.30. The van der Waals surface area contributed by atoms with Gasteiger partial charge < -0.3 is 4.74 Å². The second kappa shape index (κ2) is 3.56. The van der Waals surface area contributed by atoms with E-state index < -0.39 is 0 Å². The topological polar surface area (TPSA) is 26.3 Å². The molecule has 2 heteroatoms. The molecule has 0 spiro atoms. The van der Waals surface area contributed by atoms with E-state index in [-0.39, 0.29) is 11.4 Å². The Hall–Kier alpha value is -0.790. The van der Waals surface area contributed by atoms with E-state index >= 15 is 0 Å². The maximum absolute atomic E-state index is 10.5. The smallest absolute Gasteiger partial charge is 0.307 e. The molecule has 0 aliphatic rings. The van der Waals surface area contributed by atoms with E-state index in [0.29, 0.717) is 5.76 Å². The molecule has 0 fully saturated rings. The number of carbonyl (C=O) groups is 1. The van der Waals surface area contributed by atoms with Gasteiger partial charge in [-0.3, -0.25) is 4.79 Å². The lowest BCUT2D eigenvalue weighted by atomic mass is 9.96. The second-order valence-corrected chi connectivity index (χ2v) is 3.71. The third kappa shape index (κ3) is 7.10. The number of rotatable bonds is 1. The van der Waals surface area contributed by atoms with E-state index in [9.17, 15) is 4.79 Å². The molecule has 0 radical (unpaired) electrons. The predicted molar refractivity (Wildman–Crippen MR) is 45.0 cm³/mol. The average molecular weight is 156 g/mol. The third-order valence-electron chi connectivity index (χ3n) is 0.941. The molecular weight excluding hydrogens is 140 g/mol. The fourth-order valence-electron chi connectivity index (χ4n) is 0.866. The van der Waals surface area contributed by atoms with Crippen molar-refractivity contribution in [2.45, 2.75) is 34.6 Å². The summed E-state index contributed by atoms with van der Waals surface area (Å²) in [6.07, 6.45) is 1.92. The lowest BCUT2D eigenvalue weighted by Crippen LogP contribution is -2.04. The summed E-state index contributed by atoms with van der Waals surface area (Å²) in [4.78, 5) is 10.5. The first-order chi connectivity index (χ1) is 4.81. The van der Waals surface area contributed by atoms with Gasteiger partial charge in [-0.25, -0.2) is 0 Å². The standard InChI is InChI=1S/C9H16O2/c1-7(11-8(2)10)6-9(3,4)5/h6H,1-5H3/b7-6+. The number of allylic oxidation sites excluding steroid dienone is 2.